The number of hydrogen-bond acceptors (Lipinski definition) is 14. The largest absolute Gasteiger partial charge is 0.381 e. The van der Waals surface area contributed by atoms with Crippen molar-refractivity contribution in [1.82, 2.24) is 83.5 Å². The van der Waals surface area contributed by atoms with E-state index < -0.39 is 0 Å². The molecule has 606 valence electrons. The fraction of sp³-hybridized carbons (Fsp3) is 0.429. The minimum atomic E-state index is 0.100. The Bertz CT molecular complexity index is 5830. The molecule has 9 aliphatic rings. The Hall–Kier alpha value is -10.8. The lowest BCUT2D eigenvalue weighted by Gasteiger charge is -2.29. The number of ether oxygens (including phenoxy) is 4. The second kappa shape index (κ2) is 32.9. The van der Waals surface area contributed by atoms with Crippen LogP contribution in [0.4, 0.5) is 0 Å². The molecular formula is C91H102ClN17O8. The number of nitrogens with one attached hydrogen (secondary N) is 2. The van der Waals surface area contributed by atoms with Crippen LogP contribution in [0.5, 0.6) is 0 Å². The number of rotatable bonds is 9. The van der Waals surface area contributed by atoms with Crippen molar-refractivity contribution in [1.29, 1.82) is 0 Å². The van der Waals surface area contributed by atoms with Gasteiger partial charge in [-0.15, -0.1) is 0 Å². The van der Waals surface area contributed by atoms with Crippen LogP contribution in [0.3, 0.4) is 0 Å². The van der Waals surface area contributed by atoms with Crippen molar-refractivity contribution >= 4 is 73.9 Å². The smallest absolute Gasteiger partial charge is 0.219 e. The number of aromatic amines is 2. The molecule has 21 rings (SSSR count). The Morgan fingerprint density at radius 1 is 0.453 bits per heavy atom. The summed E-state index contributed by atoms with van der Waals surface area (Å²) in [4.78, 5) is 67.5. The molecule has 25 nitrogen and oxygen atoms in total. The van der Waals surface area contributed by atoms with E-state index in [1.54, 1.807) is 33.9 Å². The molecule has 0 spiro atoms. The van der Waals surface area contributed by atoms with Gasteiger partial charge in [-0.1, -0.05) is 78.4 Å². The van der Waals surface area contributed by atoms with Crippen molar-refractivity contribution in [3.63, 3.8) is 0 Å². The number of benzene rings is 4. The predicted molar refractivity (Wildman–Crippen MR) is 450 cm³/mol. The first-order valence-corrected chi connectivity index (χ1v) is 42.1. The maximum absolute atomic E-state index is 12.2. The number of hydrogen-bond donors (Lipinski definition) is 2. The molecule has 0 bridgehead atoms. The molecule has 1 unspecified atom stereocenters. The van der Waals surface area contributed by atoms with Gasteiger partial charge >= 0.3 is 0 Å². The van der Waals surface area contributed by atoms with Crippen LogP contribution in [0.25, 0.3) is 94.8 Å². The number of pyridine rings is 1. The predicted octanol–water partition coefficient (Wildman–Crippen LogP) is 14.6. The highest BCUT2D eigenvalue weighted by atomic mass is 35.5. The van der Waals surface area contributed by atoms with E-state index in [1.165, 1.54) is 67.1 Å². The summed E-state index contributed by atoms with van der Waals surface area (Å²) in [7, 11) is 1.93. The number of halogens is 1. The van der Waals surface area contributed by atoms with Crippen molar-refractivity contribution in [2.75, 3.05) is 79.0 Å². The molecule has 16 heterocycles. The third-order valence-corrected chi connectivity index (χ3v) is 25.8. The Kier molecular flexibility index (Phi) is 21.8. The maximum Gasteiger partial charge on any atom is 0.219 e. The quantitative estimate of drug-likeness (QED) is 0.136. The topological polar surface area (TPSA) is 252 Å². The minimum absolute atomic E-state index is 0.100. The van der Waals surface area contributed by atoms with E-state index in [0.29, 0.717) is 55.9 Å². The summed E-state index contributed by atoms with van der Waals surface area (Å²) in [6.45, 7) is 22.6. The molecule has 8 aromatic heterocycles. The molecule has 12 aromatic rings. The van der Waals surface area contributed by atoms with Gasteiger partial charge in [0.2, 0.25) is 23.6 Å². The van der Waals surface area contributed by atoms with Crippen LogP contribution < -0.4 is 0 Å². The van der Waals surface area contributed by atoms with Crippen LogP contribution in [-0.2, 0) is 103 Å². The van der Waals surface area contributed by atoms with Gasteiger partial charge in [0.15, 0.2) is 0 Å². The van der Waals surface area contributed by atoms with Crippen molar-refractivity contribution in [3.8, 4) is 56.2 Å². The Morgan fingerprint density at radius 2 is 0.923 bits per heavy atom. The van der Waals surface area contributed by atoms with Crippen LogP contribution in [0.15, 0.2) is 110 Å². The van der Waals surface area contributed by atoms with E-state index in [2.05, 4.69) is 125 Å². The highest BCUT2D eigenvalue weighted by Gasteiger charge is 2.38. The second-order valence-corrected chi connectivity index (χ2v) is 33.0. The van der Waals surface area contributed by atoms with Gasteiger partial charge in [0, 0.05) is 299 Å². The number of para-hydroxylation sites is 1. The zero-order valence-corrected chi connectivity index (χ0v) is 68.7. The van der Waals surface area contributed by atoms with Gasteiger partial charge in [0.05, 0.1) is 59.7 Å². The van der Waals surface area contributed by atoms with Gasteiger partial charge in [-0.2, -0.15) is 25.5 Å². The Balaban J connectivity index is 0.000000108. The second-order valence-electron chi connectivity index (χ2n) is 32.6. The highest BCUT2D eigenvalue weighted by Crippen LogP contribution is 2.45. The average molecular weight is 1600 g/mol. The molecular weight excluding hydrogens is 1490 g/mol. The number of amides is 4. The zero-order chi connectivity index (χ0) is 80.3. The normalized spacial score (nSPS) is 18.2. The molecule has 1 atom stereocenters. The zero-order valence-electron chi connectivity index (χ0n) is 67.9. The number of H-pyrrole nitrogens is 2. The molecule has 2 N–H and O–H groups in total. The lowest BCUT2D eigenvalue weighted by Crippen LogP contribution is -2.35. The number of nitrogens with zero attached hydrogens (tertiary/aromatic N) is 15. The minimum Gasteiger partial charge on any atom is -0.381 e. The fourth-order valence-corrected chi connectivity index (χ4v) is 19.5. The van der Waals surface area contributed by atoms with Crippen LogP contribution in [0.2, 0.25) is 5.02 Å². The van der Waals surface area contributed by atoms with E-state index in [-0.39, 0.29) is 29.7 Å². The molecule has 4 amide bonds. The summed E-state index contributed by atoms with van der Waals surface area (Å²) in [5.74, 6) is 0.486. The van der Waals surface area contributed by atoms with Crippen LogP contribution in [0.1, 0.15) is 164 Å². The lowest BCUT2D eigenvalue weighted by atomic mass is 9.95. The number of aryl methyl sites for hydroxylation is 3. The first-order valence-electron chi connectivity index (χ1n) is 41.7. The molecule has 0 saturated carbocycles. The van der Waals surface area contributed by atoms with Gasteiger partial charge in [-0.25, -0.2) is 0 Å². The number of aromatic nitrogens is 13. The molecule has 26 heteroatoms. The third-order valence-electron chi connectivity index (χ3n) is 25.5. The van der Waals surface area contributed by atoms with Crippen LogP contribution in [0, 0.1) is 13.8 Å². The number of allylic oxidation sites excluding steroid dienone is 1. The SMILES string of the molecule is CC(=O)N1CCc2c(c(-c3c(C)[nH]c4cc(-c5cnn(C)c5)ccc34)nn2C2CCOC2)C1.CC(=O)N1CCc2c(c(-c3c(C)[nH]c4ccccc34)nn2C2CCOCC2)C1.CC(=O)N1CCc2c(c(-c3ccc(Cl)c4ccncc34)nn2C2CCOCC2)C1.CC(=O)N1CCc2c(c(-c3cccc4c3CC=C4)nn2C2CCOCC2)C1. The molecule has 4 fully saturated rings. The van der Waals surface area contributed by atoms with E-state index in [1.807, 2.05) is 68.1 Å². The maximum atomic E-state index is 12.2. The van der Waals surface area contributed by atoms with Gasteiger partial charge in [-0.3, -0.25) is 47.6 Å². The number of fused-ring (bicyclic) bond motifs is 8. The molecule has 4 aromatic carbocycles. The van der Waals surface area contributed by atoms with Gasteiger partial charge < -0.3 is 48.5 Å². The Morgan fingerprint density at radius 3 is 1.43 bits per heavy atom. The average Bonchev–Trinajstić information content (AvgIpc) is 1.58. The Labute approximate surface area is 685 Å². The van der Waals surface area contributed by atoms with Crippen LogP contribution in [-0.4, -0.2) is 186 Å². The van der Waals surface area contributed by atoms with Gasteiger partial charge in [-0.05, 0) is 106 Å². The molecule has 117 heavy (non-hydrogen) atoms. The van der Waals surface area contributed by atoms with Gasteiger partial charge in [0.25, 0.3) is 0 Å². The lowest BCUT2D eigenvalue weighted by molar-refractivity contribution is -0.130. The van der Waals surface area contributed by atoms with Crippen molar-refractivity contribution in [3.05, 3.63) is 182 Å². The van der Waals surface area contributed by atoms with Crippen LogP contribution >= 0.6 is 11.6 Å². The molecule has 8 aliphatic heterocycles. The summed E-state index contributed by atoms with van der Waals surface area (Å²) in [5.41, 5.74) is 27.7. The third kappa shape index (κ3) is 15.0. The first kappa shape index (κ1) is 77.4. The summed E-state index contributed by atoms with van der Waals surface area (Å²) in [6.07, 6.45) is 23.2. The molecule has 0 radical (unpaired) electrons. The molecule has 4 saturated heterocycles. The summed E-state index contributed by atoms with van der Waals surface area (Å²) in [5, 5.41) is 29.9. The fourth-order valence-electron chi connectivity index (χ4n) is 19.2. The van der Waals surface area contributed by atoms with Crippen molar-refractivity contribution in [2.24, 2.45) is 7.05 Å². The van der Waals surface area contributed by atoms with Crippen molar-refractivity contribution in [2.45, 2.75) is 169 Å². The van der Waals surface area contributed by atoms with E-state index >= 15 is 0 Å². The van der Waals surface area contributed by atoms with Gasteiger partial charge in [0.1, 0.15) is 0 Å². The first-order chi connectivity index (χ1) is 57.0. The summed E-state index contributed by atoms with van der Waals surface area (Å²) < 4.78 is 33.1. The highest BCUT2D eigenvalue weighted by molar-refractivity contribution is 6.36. The summed E-state index contributed by atoms with van der Waals surface area (Å²) in [6, 6.07) is 28.6. The number of carbonyl (C=O) groups is 4. The van der Waals surface area contributed by atoms with E-state index in [4.69, 9.17) is 50.9 Å². The standard InChI is InChI=1S/C25H28N6O2.C22H23ClN4O2.C22H26N4O2.C22H25N3O2/c1-15-24(20-5-4-17(10-22(20)27-15)18-11-26-29(3)12-18)25-21-13-30(16(2)32)8-6-23(21)31(28-25)19-7-9-33-14-19;1-14(28)26-9-5-21-19(13-26)22(25-27(21)15-6-10-29-11-7-15)17-2-3-20(23)16-4-8-24-12-18(16)17;1-14-21(17-5-3-4-6-19(17)23-14)22-18-13-25(15(2)27)10-7-20(18)26(24-22)16-8-11-28-12-9-16;1-15(26)24-11-8-21-20(14-24)22(23-25(21)17-9-12-27-13-10-17)19-7-3-5-16-4-2-6-18(16)19/h4-5,10-12,19,27H,6-9,13-14H2,1-3H3;2-4,8,12,15H,5-7,9-11,13H2,1H3;3-6,16,23H,7-13H2,1-2H3;2-5,7,17H,6,8-14H2,1H3. The monoisotopic (exact) mass is 1600 g/mol. The van der Waals surface area contributed by atoms with Crippen molar-refractivity contribution < 1.29 is 38.1 Å². The number of carbonyl (C=O) groups excluding carboxylic acids is 4. The van der Waals surface area contributed by atoms with E-state index in [0.717, 1.165) is 239 Å². The van der Waals surface area contributed by atoms with E-state index in [9.17, 15) is 19.2 Å². The molecule has 1 aliphatic carbocycles. The summed E-state index contributed by atoms with van der Waals surface area (Å²) >= 11 is 6.43.